The molecule has 0 saturated heterocycles. The zero-order valence-electron chi connectivity index (χ0n) is 9.03. The number of carbonyl (C=O) groups is 1. The van der Waals surface area contributed by atoms with Gasteiger partial charge in [0.25, 0.3) is 0 Å². The van der Waals surface area contributed by atoms with Gasteiger partial charge in [-0.25, -0.2) is 4.98 Å². The van der Waals surface area contributed by atoms with Gasteiger partial charge in [-0.1, -0.05) is 25.6 Å². The third-order valence-electron chi connectivity index (χ3n) is 1.76. The number of aromatic nitrogens is 2. The van der Waals surface area contributed by atoms with E-state index in [1.807, 2.05) is 0 Å². The van der Waals surface area contributed by atoms with Crippen LogP contribution in [-0.4, -0.2) is 28.3 Å². The monoisotopic (exact) mass is 228 g/mol. The van der Waals surface area contributed by atoms with E-state index in [1.165, 1.54) is 11.8 Å². The normalized spacial score (nSPS) is 10.6. The van der Waals surface area contributed by atoms with Gasteiger partial charge in [-0.15, -0.1) is 0 Å². The minimum Gasteiger partial charge on any atom is -0.465 e. The number of rotatable bonds is 6. The van der Waals surface area contributed by atoms with Crippen LogP contribution in [0, 0.1) is 5.92 Å². The van der Waals surface area contributed by atoms with Gasteiger partial charge >= 0.3 is 5.97 Å². The molecule has 0 amide bonds. The molecule has 0 aliphatic heterocycles. The van der Waals surface area contributed by atoms with Crippen LogP contribution < -0.4 is 0 Å². The van der Waals surface area contributed by atoms with Crippen LogP contribution in [0.2, 0.25) is 0 Å². The average Bonchev–Trinajstić information content (AvgIpc) is 2.66. The van der Waals surface area contributed by atoms with E-state index in [-0.39, 0.29) is 5.97 Å². The number of aromatic amines is 1. The summed E-state index contributed by atoms with van der Waals surface area (Å²) < 4.78 is 5.05. The molecule has 0 spiro atoms. The summed E-state index contributed by atoms with van der Waals surface area (Å²) in [6, 6.07) is 0. The first-order valence-electron chi connectivity index (χ1n) is 4.96. The first kappa shape index (κ1) is 12.1. The first-order valence-corrected chi connectivity index (χ1v) is 5.95. The lowest BCUT2D eigenvalue weighted by molar-refractivity contribution is -0.140. The van der Waals surface area contributed by atoms with Crippen LogP contribution in [0.1, 0.15) is 20.3 Å². The van der Waals surface area contributed by atoms with Crippen molar-refractivity contribution in [1.82, 2.24) is 9.97 Å². The van der Waals surface area contributed by atoms with Crippen LogP contribution in [0.15, 0.2) is 17.6 Å². The highest BCUT2D eigenvalue weighted by molar-refractivity contribution is 7.99. The molecule has 0 saturated carbocycles. The highest BCUT2D eigenvalue weighted by atomic mass is 32.2. The molecular weight excluding hydrogens is 212 g/mol. The van der Waals surface area contributed by atoms with Crippen molar-refractivity contribution in [3.05, 3.63) is 12.4 Å². The Kier molecular flexibility index (Phi) is 5.25. The van der Waals surface area contributed by atoms with Gasteiger partial charge in [0.15, 0.2) is 5.16 Å². The fraction of sp³-hybridized carbons (Fsp3) is 0.600. The molecule has 5 heteroatoms. The van der Waals surface area contributed by atoms with E-state index < -0.39 is 0 Å². The van der Waals surface area contributed by atoms with Crippen molar-refractivity contribution < 1.29 is 9.53 Å². The zero-order chi connectivity index (χ0) is 11.1. The molecule has 0 fully saturated rings. The zero-order valence-corrected chi connectivity index (χ0v) is 9.84. The number of hydrogen-bond donors (Lipinski definition) is 1. The summed E-state index contributed by atoms with van der Waals surface area (Å²) >= 11 is 1.35. The number of esters is 1. The van der Waals surface area contributed by atoms with E-state index in [1.54, 1.807) is 12.4 Å². The van der Waals surface area contributed by atoms with E-state index in [0.29, 0.717) is 18.3 Å². The van der Waals surface area contributed by atoms with Crippen LogP contribution in [0.3, 0.4) is 0 Å². The second-order valence-electron chi connectivity index (χ2n) is 3.59. The fourth-order valence-corrected chi connectivity index (χ4v) is 1.53. The smallest absolute Gasteiger partial charge is 0.316 e. The maximum absolute atomic E-state index is 11.2. The Morgan fingerprint density at radius 3 is 3.07 bits per heavy atom. The van der Waals surface area contributed by atoms with Crippen molar-refractivity contribution in [2.24, 2.45) is 5.92 Å². The molecule has 1 rings (SSSR count). The number of imidazole rings is 1. The summed E-state index contributed by atoms with van der Waals surface area (Å²) in [5, 5.41) is 0.746. The Bertz CT molecular complexity index is 286. The predicted molar refractivity (Wildman–Crippen MR) is 59.7 cm³/mol. The molecule has 15 heavy (non-hydrogen) atoms. The molecule has 1 heterocycles. The number of hydrogen-bond acceptors (Lipinski definition) is 4. The Hall–Kier alpha value is -0.970. The third-order valence-corrected chi connectivity index (χ3v) is 2.63. The Morgan fingerprint density at radius 1 is 1.67 bits per heavy atom. The molecular formula is C10H16N2O2S. The quantitative estimate of drug-likeness (QED) is 0.598. The lowest BCUT2D eigenvalue weighted by Gasteiger charge is -2.05. The van der Waals surface area contributed by atoms with Crippen LogP contribution in [0.4, 0.5) is 0 Å². The topological polar surface area (TPSA) is 55.0 Å². The van der Waals surface area contributed by atoms with E-state index in [4.69, 9.17) is 4.74 Å². The highest BCUT2D eigenvalue weighted by Crippen LogP contribution is 2.11. The number of ether oxygens (including phenoxy) is 1. The maximum Gasteiger partial charge on any atom is 0.316 e. The molecule has 0 unspecified atom stereocenters. The molecule has 0 radical (unpaired) electrons. The van der Waals surface area contributed by atoms with E-state index >= 15 is 0 Å². The van der Waals surface area contributed by atoms with E-state index in [9.17, 15) is 4.79 Å². The molecule has 0 aliphatic carbocycles. The van der Waals surface area contributed by atoms with Gasteiger partial charge in [0.05, 0.1) is 12.4 Å². The predicted octanol–water partition coefficient (Wildman–Crippen LogP) is 2.09. The van der Waals surface area contributed by atoms with Gasteiger partial charge < -0.3 is 9.72 Å². The van der Waals surface area contributed by atoms with Crippen LogP contribution in [0.25, 0.3) is 0 Å². The molecule has 0 atom stereocenters. The number of carbonyl (C=O) groups excluding carboxylic acids is 1. The fourth-order valence-electron chi connectivity index (χ4n) is 0.907. The number of H-pyrrole nitrogens is 1. The molecule has 1 aromatic rings. The Labute approximate surface area is 93.8 Å². The number of nitrogens with zero attached hydrogens (tertiary/aromatic N) is 1. The summed E-state index contributed by atoms with van der Waals surface area (Å²) in [5.41, 5.74) is 0. The standard InChI is InChI=1S/C10H16N2O2S/c1-8(2)3-6-14-9(13)7-15-10-11-4-5-12-10/h4-5,8H,3,6-7H2,1-2H3,(H,11,12). The molecule has 0 aromatic carbocycles. The first-order chi connectivity index (χ1) is 7.18. The van der Waals surface area contributed by atoms with Crippen molar-refractivity contribution in [3.8, 4) is 0 Å². The van der Waals surface area contributed by atoms with Gasteiger partial charge in [-0.3, -0.25) is 4.79 Å². The van der Waals surface area contributed by atoms with Gasteiger partial charge in [-0.2, -0.15) is 0 Å². The van der Waals surface area contributed by atoms with Crippen LogP contribution in [-0.2, 0) is 9.53 Å². The third kappa shape index (κ3) is 5.47. The molecule has 0 bridgehead atoms. The second kappa shape index (κ2) is 6.50. The van der Waals surface area contributed by atoms with Gasteiger partial charge in [0.2, 0.25) is 0 Å². The van der Waals surface area contributed by atoms with Crippen molar-refractivity contribution in [2.45, 2.75) is 25.4 Å². The number of thioether (sulfide) groups is 1. The van der Waals surface area contributed by atoms with Crippen LogP contribution >= 0.6 is 11.8 Å². The summed E-state index contributed by atoms with van der Waals surface area (Å²) in [4.78, 5) is 18.1. The largest absolute Gasteiger partial charge is 0.465 e. The minimum atomic E-state index is -0.183. The summed E-state index contributed by atoms with van der Waals surface area (Å²) in [6.07, 6.45) is 4.30. The van der Waals surface area contributed by atoms with E-state index in [2.05, 4.69) is 23.8 Å². The minimum absolute atomic E-state index is 0.183. The summed E-state index contributed by atoms with van der Waals surface area (Å²) in [7, 11) is 0. The SMILES string of the molecule is CC(C)CCOC(=O)CSc1ncc[nH]1. The molecule has 1 N–H and O–H groups in total. The van der Waals surface area contributed by atoms with Crippen molar-refractivity contribution in [1.29, 1.82) is 0 Å². The van der Waals surface area contributed by atoms with Crippen LogP contribution in [0.5, 0.6) is 0 Å². The summed E-state index contributed by atoms with van der Waals surface area (Å²) in [6.45, 7) is 4.71. The highest BCUT2D eigenvalue weighted by Gasteiger charge is 2.05. The van der Waals surface area contributed by atoms with Crippen molar-refractivity contribution >= 4 is 17.7 Å². The summed E-state index contributed by atoms with van der Waals surface area (Å²) in [5.74, 6) is 0.693. The lowest BCUT2D eigenvalue weighted by Crippen LogP contribution is -2.09. The number of nitrogens with one attached hydrogen (secondary N) is 1. The molecule has 4 nitrogen and oxygen atoms in total. The average molecular weight is 228 g/mol. The Balaban J connectivity index is 2.09. The molecule has 0 aliphatic rings. The van der Waals surface area contributed by atoms with Crippen molar-refractivity contribution in [3.63, 3.8) is 0 Å². The van der Waals surface area contributed by atoms with Gasteiger partial charge in [-0.05, 0) is 12.3 Å². The molecule has 84 valence electrons. The van der Waals surface area contributed by atoms with E-state index in [0.717, 1.165) is 11.6 Å². The maximum atomic E-state index is 11.2. The lowest BCUT2D eigenvalue weighted by atomic mass is 10.1. The second-order valence-corrected chi connectivity index (χ2v) is 4.55. The van der Waals surface area contributed by atoms with Gasteiger partial charge in [0.1, 0.15) is 0 Å². The van der Waals surface area contributed by atoms with Gasteiger partial charge in [0, 0.05) is 12.4 Å². The Morgan fingerprint density at radius 2 is 2.47 bits per heavy atom. The molecule has 1 aromatic heterocycles. The van der Waals surface area contributed by atoms with Crippen molar-refractivity contribution in [2.75, 3.05) is 12.4 Å².